The lowest BCUT2D eigenvalue weighted by Crippen LogP contribution is -1.80. The van der Waals surface area contributed by atoms with Crippen molar-refractivity contribution in [2.24, 2.45) is 0 Å². The maximum absolute atomic E-state index is 2.46. The first-order chi connectivity index (χ1) is 4.95. The molecule has 1 saturated carbocycles. The van der Waals surface area contributed by atoms with Crippen LogP contribution in [0.1, 0.15) is 38.5 Å². The second-order valence-electron chi connectivity index (χ2n) is 3.33. The van der Waals surface area contributed by atoms with Crippen molar-refractivity contribution >= 4 is 0 Å². The minimum Gasteiger partial charge on any atom is -0.0850 e. The van der Waals surface area contributed by atoms with Crippen molar-refractivity contribution in [3.63, 3.8) is 0 Å². The summed E-state index contributed by atoms with van der Waals surface area (Å²) in [5.41, 5.74) is 3.40. The Bertz CT molecular complexity index is 164. The Hall–Kier alpha value is -0.520. The van der Waals surface area contributed by atoms with Gasteiger partial charge < -0.3 is 0 Å². The van der Waals surface area contributed by atoms with Crippen LogP contribution in [0.25, 0.3) is 0 Å². The summed E-state index contributed by atoms with van der Waals surface area (Å²) in [5.74, 6) is 0. The van der Waals surface area contributed by atoms with Gasteiger partial charge in [0.1, 0.15) is 0 Å². The van der Waals surface area contributed by atoms with E-state index >= 15 is 0 Å². The van der Waals surface area contributed by atoms with Gasteiger partial charge in [-0.2, -0.15) is 0 Å². The molecule has 1 fully saturated rings. The zero-order valence-electron chi connectivity index (χ0n) is 6.40. The van der Waals surface area contributed by atoms with E-state index in [1.54, 1.807) is 11.1 Å². The second-order valence-corrected chi connectivity index (χ2v) is 3.33. The molecule has 0 N–H and O–H groups in total. The summed E-state index contributed by atoms with van der Waals surface area (Å²) in [4.78, 5) is 0. The minimum absolute atomic E-state index is 1.31. The summed E-state index contributed by atoms with van der Waals surface area (Å²) < 4.78 is 0. The molecule has 0 saturated heterocycles. The summed E-state index contributed by atoms with van der Waals surface area (Å²) in [6.45, 7) is 0. The smallest absolute Gasteiger partial charge is 0.0108 e. The Morgan fingerprint density at radius 2 is 1.50 bits per heavy atom. The van der Waals surface area contributed by atoms with Gasteiger partial charge in [0.05, 0.1) is 0 Å². The van der Waals surface area contributed by atoms with Gasteiger partial charge in [0, 0.05) is 0 Å². The van der Waals surface area contributed by atoms with E-state index in [9.17, 15) is 0 Å². The van der Waals surface area contributed by atoms with E-state index in [2.05, 4.69) is 12.2 Å². The minimum atomic E-state index is 1.31. The average molecular weight is 134 g/mol. The molecule has 2 bridgehead atoms. The highest BCUT2D eigenvalue weighted by molar-refractivity contribution is 5.24. The van der Waals surface area contributed by atoms with E-state index < -0.39 is 0 Å². The van der Waals surface area contributed by atoms with Gasteiger partial charge in [0.2, 0.25) is 0 Å². The number of fused-ring (bicyclic) bond motifs is 2. The molecule has 0 atom stereocenters. The summed E-state index contributed by atoms with van der Waals surface area (Å²) >= 11 is 0. The van der Waals surface area contributed by atoms with Crippen LogP contribution in [0.15, 0.2) is 23.3 Å². The summed E-state index contributed by atoms with van der Waals surface area (Å²) in [6.07, 6.45) is 12.9. The molecule has 10 heavy (non-hydrogen) atoms. The predicted octanol–water partition coefficient (Wildman–Crippen LogP) is 3.21. The molecule has 2 rings (SSSR count). The molecular weight excluding hydrogens is 120 g/mol. The highest BCUT2D eigenvalue weighted by atomic mass is 14.2. The SMILES string of the molecule is C1=C2CCC(=CCCC1)C2. The van der Waals surface area contributed by atoms with Crippen LogP contribution < -0.4 is 0 Å². The maximum Gasteiger partial charge on any atom is -0.0108 e. The van der Waals surface area contributed by atoms with Crippen molar-refractivity contribution in [2.45, 2.75) is 38.5 Å². The van der Waals surface area contributed by atoms with Crippen LogP contribution in [0.2, 0.25) is 0 Å². The van der Waals surface area contributed by atoms with E-state index in [0.717, 1.165) is 0 Å². The monoisotopic (exact) mass is 134 g/mol. The van der Waals surface area contributed by atoms with Crippen LogP contribution in [0, 0.1) is 0 Å². The fraction of sp³-hybridized carbons (Fsp3) is 0.600. The van der Waals surface area contributed by atoms with Gasteiger partial charge >= 0.3 is 0 Å². The molecule has 0 aromatic heterocycles. The highest BCUT2D eigenvalue weighted by Gasteiger charge is 2.12. The van der Waals surface area contributed by atoms with Crippen LogP contribution in [0.3, 0.4) is 0 Å². The van der Waals surface area contributed by atoms with Crippen LogP contribution in [-0.4, -0.2) is 0 Å². The first-order valence-corrected chi connectivity index (χ1v) is 4.31. The third kappa shape index (κ3) is 1.16. The topological polar surface area (TPSA) is 0 Å². The van der Waals surface area contributed by atoms with E-state index in [1.807, 2.05) is 0 Å². The Kier molecular flexibility index (Phi) is 1.62. The van der Waals surface area contributed by atoms with Gasteiger partial charge in [-0.05, 0) is 38.5 Å². The summed E-state index contributed by atoms with van der Waals surface area (Å²) in [5, 5.41) is 0. The molecule has 0 spiro atoms. The molecule has 0 heterocycles. The van der Waals surface area contributed by atoms with E-state index in [-0.39, 0.29) is 0 Å². The second kappa shape index (κ2) is 2.61. The molecule has 0 aromatic rings. The van der Waals surface area contributed by atoms with Crippen LogP contribution in [0.5, 0.6) is 0 Å². The lowest BCUT2D eigenvalue weighted by molar-refractivity contribution is 0.845. The Morgan fingerprint density at radius 3 is 2.10 bits per heavy atom. The maximum atomic E-state index is 2.46. The van der Waals surface area contributed by atoms with Crippen molar-refractivity contribution in [3.8, 4) is 0 Å². The molecule has 0 amide bonds. The van der Waals surface area contributed by atoms with Gasteiger partial charge in [0.25, 0.3) is 0 Å². The molecule has 0 unspecified atom stereocenters. The predicted molar refractivity (Wildman–Crippen MR) is 43.9 cm³/mol. The molecule has 0 aromatic carbocycles. The molecule has 2 aliphatic carbocycles. The first kappa shape index (κ1) is 6.21. The number of rotatable bonds is 0. The lowest BCUT2D eigenvalue weighted by Gasteiger charge is -2.00. The molecule has 2 aliphatic rings. The molecule has 0 heteroatoms. The first-order valence-electron chi connectivity index (χ1n) is 4.31. The van der Waals surface area contributed by atoms with Gasteiger partial charge in [0.15, 0.2) is 0 Å². The third-order valence-electron chi connectivity index (χ3n) is 2.50. The van der Waals surface area contributed by atoms with Gasteiger partial charge in [-0.3, -0.25) is 0 Å². The molecule has 54 valence electrons. The van der Waals surface area contributed by atoms with Crippen molar-refractivity contribution in [1.29, 1.82) is 0 Å². The van der Waals surface area contributed by atoms with E-state index in [0.29, 0.717) is 0 Å². The number of hydrogen-bond acceptors (Lipinski definition) is 0. The number of hydrogen-bond donors (Lipinski definition) is 0. The summed E-state index contributed by atoms with van der Waals surface area (Å²) in [6, 6.07) is 0. The molecule has 0 aliphatic heterocycles. The van der Waals surface area contributed by atoms with E-state index in [1.165, 1.54) is 38.5 Å². The highest BCUT2D eigenvalue weighted by Crippen LogP contribution is 2.31. The van der Waals surface area contributed by atoms with Crippen LogP contribution in [0.4, 0.5) is 0 Å². The average Bonchev–Trinajstić information content (AvgIpc) is 2.30. The van der Waals surface area contributed by atoms with Crippen molar-refractivity contribution < 1.29 is 0 Å². The van der Waals surface area contributed by atoms with Crippen LogP contribution >= 0.6 is 0 Å². The fourth-order valence-electron chi connectivity index (χ4n) is 1.87. The van der Waals surface area contributed by atoms with Crippen LogP contribution in [-0.2, 0) is 0 Å². The van der Waals surface area contributed by atoms with Gasteiger partial charge in [-0.25, -0.2) is 0 Å². The Morgan fingerprint density at radius 1 is 0.900 bits per heavy atom. The largest absolute Gasteiger partial charge is 0.0850 e. The fourth-order valence-corrected chi connectivity index (χ4v) is 1.87. The molecule has 0 radical (unpaired) electrons. The molecular formula is C10H14. The number of allylic oxidation sites excluding steroid dienone is 4. The van der Waals surface area contributed by atoms with E-state index in [4.69, 9.17) is 0 Å². The summed E-state index contributed by atoms with van der Waals surface area (Å²) in [7, 11) is 0. The van der Waals surface area contributed by atoms with Crippen molar-refractivity contribution in [2.75, 3.05) is 0 Å². The quantitative estimate of drug-likeness (QED) is 0.446. The standard InChI is InChI=1S/C10H14/c1-2-4-9-6-7-10(8-9)5-3-1/h4-5H,1-3,6-8H2. The van der Waals surface area contributed by atoms with Gasteiger partial charge in [-0.1, -0.05) is 23.3 Å². The van der Waals surface area contributed by atoms with Gasteiger partial charge in [-0.15, -0.1) is 0 Å². The zero-order valence-corrected chi connectivity index (χ0v) is 6.40. The molecule has 0 nitrogen and oxygen atoms in total. The van der Waals surface area contributed by atoms with Crippen molar-refractivity contribution in [1.82, 2.24) is 0 Å². The Balaban J connectivity index is 2.20. The Labute approximate surface area is 62.6 Å². The lowest BCUT2D eigenvalue weighted by atomic mass is 10.1. The normalized spacial score (nSPS) is 24.8. The zero-order chi connectivity index (χ0) is 6.81. The third-order valence-corrected chi connectivity index (χ3v) is 2.50. The van der Waals surface area contributed by atoms with Crippen molar-refractivity contribution in [3.05, 3.63) is 23.3 Å².